The molecule has 2 heteroatoms. The first-order valence-electron chi connectivity index (χ1n) is 18.9. The zero-order valence-corrected chi connectivity index (χ0v) is 30.0. The molecule has 0 atom stereocenters. The fourth-order valence-corrected chi connectivity index (χ4v) is 8.46. The number of para-hydroxylation sites is 3. The van der Waals surface area contributed by atoms with Gasteiger partial charge in [-0.1, -0.05) is 158 Å². The van der Waals surface area contributed by atoms with Gasteiger partial charge in [-0.3, -0.25) is 4.57 Å². The molecule has 0 saturated heterocycles. The highest BCUT2D eigenvalue weighted by Crippen LogP contribution is 2.42. The van der Waals surface area contributed by atoms with Crippen LogP contribution in [-0.2, 0) is 0 Å². The van der Waals surface area contributed by atoms with Gasteiger partial charge in [0.15, 0.2) is 0 Å². The molecule has 0 unspecified atom stereocenters. The van der Waals surface area contributed by atoms with E-state index >= 15 is 0 Å². The quantitative estimate of drug-likeness (QED) is 0.164. The highest BCUT2D eigenvalue weighted by Gasteiger charge is 2.17. The molecular weight excluding hydrogens is 665 g/mol. The second-order valence-electron chi connectivity index (χ2n) is 14.4. The lowest BCUT2D eigenvalue weighted by atomic mass is 9.87. The van der Waals surface area contributed by atoms with Crippen molar-refractivity contribution < 1.29 is 0 Å². The number of hydrogen-bond donors (Lipinski definition) is 0. The fraction of sp³-hybridized carbons (Fsp3) is 0. The van der Waals surface area contributed by atoms with Gasteiger partial charge in [-0.2, -0.15) is 0 Å². The highest BCUT2D eigenvalue weighted by molar-refractivity contribution is 6.17. The SMILES string of the molecule is c1ccc(-n2c(-c3ccc(-c4ccc5c(-c6ccc7ccccc7c6)c6cccc(-c7ccc8ccccc8c7)c6cc5c4)cc3)nc3ccccc32)cc1. The van der Waals surface area contributed by atoms with Crippen molar-refractivity contribution >= 4 is 54.1 Å². The minimum absolute atomic E-state index is 0.935. The van der Waals surface area contributed by atoms with Gasteiger partial charge in [0.2, 0.25) is 0 Å². The van der Waals surface area contributed by atoms with Crippen molar-refractivity contribution in [3.05, 3.63) is 206 Å². The maximum atomic E-state index is 5.10. The normalized spacial score (nSPS) is 11.6. The van der Waals surface area contributed by atoms with E-state index in [1.165, 1.54) is 76.5 Å². The fourth-order valence-electron chi connectivity index (χ4n) is 8.46. The van der Waals surface area contributed by atoms with E-state index in [2.05, 4.69) is 211 Å². The van der Waals surface area contributed by atoms with Gasteiger partial charge in [-0.05, 0) is 125 Å². The number of imidazole rings is 1. The van der Waals surface area contributed by atoms with Crippen LogP contribution in [0.4, 0.5) is 0 Å². The monoisotopic (exact) mass is 698 g/mol. The summed E-state index contributed by atoms with van der Waals surface area (Å²) < 4.78 is 2.26. The lowest BCUT2D eigenvalue weighted by Crippen LogP contribution is -1.97. The Hall–Kier alpha value is -7.29. The van der Waals surface area contributed by atoms with Crippen LogP contribution in [0.15, 0.2) is 206 Å². The van der Waals surface area contributed by atoms with Gasteiger partial charge in [-0.15, -0.1) is 0 Å². The molecule has 0 fully saturated rings. The molecule has 0 aliphatic heterocycles. The molecular formula is C53H34N2. The third-order valence-electron chi connectivity index (χ3n) is 11.1. The van der Waals surface area contributed by atoms with Gasteiger partial charge in [0.25, 0.3) is 0 Å². The van der Waals surface area contributed by atoms with Gasteiger partial charge in [-0.25, -0.2) is 4.98 Å². The van der Waals surface area contributed by atoms with E-state index in [1.807, 2.05) is 0 Å². The molecule has 55 heavy (non-hydrogen) atoms. The molecule has 0 saturated carbocycles. The third kappa shape index (κ3) is 5.30. The van der Waals surface area contributed by atoms with Gasteiger partial charge in [0.1, 0.15) is 5.82 Å². The molecule has 11 rings (SSSR count). The van der Waals surface area contributed by atoms with Gasteiger partial charge >= 0.3 is 0 Å². The molecule has 10 aromatic carbocycles. The first-order chi connectivity index (χ1) is 27.2. The van der Waals surface area contributed by atoms with Gasteiger partial charge in [0, 0.05) is 11.3 Å². The molecule has 1 aromatic heterocycles. The van der Waals surface area contributed by atoms with Crippen LogP contribution in [0.2, 0.25) is 0 Å². The van der Waals surface area contributed by atoms with Gasteiger partial charge < -0.3 is 0 Å². The Morgan fingerprint density at radius 1 is 0.327 bits per heavy atom. The van der Waals surface area contributed by atoms with Crippen molar-refractivity contribution in [2.24, 2.45) is 0 Å². The summed E-state index contributed by atoms with van der Waals surface area (Å²) >= 11 is 0. The van der Waals surface area contributed by atoms with Crippen LogP contribution in [0, 0.1) is 0 Å². The summed E-state index contributed by atoms with van der Waals surface area (Å²) in [6, 6.07) is 74.8. The summed E-state index contributed by atoms with van der Waals surface area (Å²) in [5.41, 5.74) is 11.6. The molecule has 0 bridgehead atoms. The minimum atomic E-state index is 0.935. The first kappa shape index (κ1) is 31.3. The molecule has 0 aliphatic rings. The maximum Gasteiger partial charge on any atom is 0.145 e. The second-order valence-corrected chi connectivity index (χ2v) is 14.4. The Morgan fingerprint density at radius 2 is 0.927 bits per heavy atom. The van der Waals surface area contributed by atoms with E-state index in [-0.39, 0.29) is 0 Å². The van der Waals surface area contributed by atoms with E-state index in [1.54, 1.807) is 0 Å². The molecule has 0 radical (unpaired) electrons. The lowest BCUT2D eigenvalue weighted by Gasteiger charge is -2.17. The van der Waals surface area contributed by atoms with Crippen LogP contribution in [0.5, 0.6) is 0 Å². The van der Waals surface area contributed by atoms with Crippen LogP contribution >= 0.6 is 0 Å². The third-order valence-corrected chi connectivity index (χ3v) is 11.1. The van der Waals surface area contributed by atoms with Crippen LogP contribution < -0.4 is 0 Å². The maximum absolute atomic E-state index is 5.10. The highest BCUT2D eigenvalue weighted by atomic mass is 15.1. The zero-order chi connectivity index (χ0) is 36.3. The van der Waals surface area contributed by atoms with E-state index < -0.39 is 0 Å². The van der Waals surface area contributed by atoms with Gasteiger partial charge in [0.05, 0.1) is 11.0 Å². The Labute approximate surface area is 319 Å². The average molecular weight is 699 g/mol. The van der Waals surface area contributed by atoms with Crippen LogP contribution in [0.1, 0.15) is 0 Å². The standard InChI is InChI=1S/C53H34N2/c1-2-15-45(16-3-1)55-51-20-9-8-19-50(51)54-53(55)38-25-21-37(22-26-38)41-29-30-47-44(33-41)34-49-46(42-27-23-35-11-4-6-13-39(35)31-42)17-10-18-48(49)52(47)43-28-24-36-12-5-7-14-40(36)32-43/h1-34H. The summed E-state index contributed by atoms with van der Waals surface area (Å²) in [6.45, 7) is 0. The van der Waals surface area contributed by atoms with E-state index in [0.717, 1.165) is 28.1 Å². The topological polar surface area (TPSA) is 17.8 Å². The molecule has 0 aliphatic carbocycles. The minimum Gasteiger partial charge on any atom is -0.292 e. The number of aromatic nitrogens is 2. The first-order valence-corrected chi connectivity index (χ1v) is 18.9. The van der Waals surface area contributed by atoms with Crippen molar-refractivity contribution in [1.29, 1.82) is 0 Å². The average Bonchev–Trinajstić information content (AvgIpc) is 3.65. The molecule has 11 aromatic rings. The number of rotatable bonds is 5. The van der Waals surface area contributed by atoms with E-state index in [9.17, 15) is 0 Å². The molecule has 1 heterocycles. The van der Waals surface area contributed by atoms with Crippen molar-refractivity contribution in [3.8, 4) is 50.5 Å². The number of hydrogen-bond acceptors (Lipinski definition) is 1. The Kier molecular flexibility index (Phi) is 7.21. The molecule has 0 amide bonds. The van der Waals surface area contributed by atoms with Crippen LogP contribution in [-0.4, -0.2) is 9.55 Å². The molecule has 0 N–H and O–H groups in total. The van der Waals surface area contributed by atoms with Crippen molar-refractivity contribution in [3.63, 3.8) is 0 Å². The lowest BCUT2D eigenvalue weighted by molar-refractivity contribution is 1.10. The summed E-state index contributed by atoms with van der Waals surface area (Å²) in [5.74, 6) is 0.935. The Bertz CT molecular complexity index is 3240. The van der Waals surface area contributed by atoms with Crippen LogP contribution in [0.3, 0.4) is 0 Å². The van der Waals surface area contributed by atoms with Crippen LogP contribution in [0.25, 0.3) is 105 Å². The summed E-state index contributed by atoms with van der Waals surface area (Å²) in [4.78, 5) is 5.10. The molecule has 0 spiro atoms. The summed E-state index contributed by atoms with van der Waals surface area (Å²) in [5, 5.41) is 9.96. The number of benzene rings is 10. The number of fused-ring (bicyclic) bond motifs is 5. The summed E-state index contributed by atoms with van der Waals surface area (Å²) in [7, 11) is 0. The smallest absolute Gasteiger partial charge is 0.145 e. The number of nitrogens with zero attached hydrogens (tertiary/aromatic N) is 2. The Balaban J connectivity index is 1.08. The van der Waals surface area contributed by atoms with E-state index in [0.29, 0.717) is 0 Å². The predicted octanol–water partition coefficient (Wildman–Crippen LogP) is 14.3. The summed E-state index contributed by atoms with van der Waals surface area (Å²) in [6.07, 6.45) is 0. The molecule has 2 nitrogen and oxygen atoms in total. The van der Waals surface area contributed by atoms with Crippen molar-refractivity contribution in [2.45, 2.75) is 0 Å². The predicted molar refractivity (Wildman–Crippen MR) is 233 cm³/mol. The second kappa shape index (κ2) is 12.7. The zero-order valence-electron chi connectivity index (χ0n) is 30.0. The molecule has 256 valence electrons. The van der Waals surface area contributed by atoms with Crippen molar-refractivity contribution in [2.75, 3.05) is 0 Å². The largest absolute Gasteiger partial charge is 0.292 e. The Morgan fingerprint density at radius 3 is 1.71 bits per heavy atom. The van der Waals surface area contributed by atoms with E-state index in [4.69, 9.17) is 4.98 Å². The van der Waals surface area contributed by atoms with Crippen molar-refractivity contribution in [1.82, 2.24) is 9.55 Å².